The van der Waals surface area contributed by atoms with Gasteiger partial charge in [0.25, 0.3) is 0 Å². The van der Waals surface area contributed by atoms with Gasteiger partial charge in [0, 0.05) is 0 Å². The highest BCUT2D eigenvalue weighted by molar-refractivity contribution is 7.39. The summed E-state index contributed by atoms with van der Waals surface area (Å²) in [6.07, 6.45) is 62.4. The van der Waals surface area contributed by atoms with Gasteiger partial charge in [0.05, 0.1) is 6.61 Å². The predicted octanol–water partition coefficient (Wildman–Crippen LogP) is 17.7. The van der Waals surface area contributed by atoms with Gasteiger partial charge >= 0.3 is 8.60 Å². The van der Waals surface area contributed by atoms with Crippen LogP contribution in [-0.2, 0) is 4.52 Å². The quantitative estimate of drug-likeness (QED) is 0.0475. The molecule has 0 aromatic rings. The first-order valence-corrected chi connectivity index (χ1v) is 26.9. The van der Waals surface area contributed by atoms with E-state index in [1.54, 1.807) is 0 Å². The van der Waals surface area contributed by atoms with Gasteiger partial charge in [-0.2, -0.15) is 0 Å². The first-order valence-electron chi connectivity index (χ1n) is 25.7. The van der Waals surface area contributed by atoms with E-state index < -0.39 is 8.60 Å². The molecule has 0 saturated carbocycles. The number of rotatable bonds is 50. The van der Waals surface area contributed by atoms with Gasteiger partial charge < -0.3 is 19.2 Å². The van der Waals surface area contributed by atoms with Gasteiger partial charge in [0.1, 0.15) is 0 Å². The maximum atomic E-state index is 8.75. The van der Waals surface area contributed by atoms with Crippen molar-refractivity contribution < 1.29 is 14.3 Å². The van der Waals surface area contributed by atoms with Crippen LogP contribution in [0.25, 0.3) is 0 Å². The van der Waals surface area contributed by atoms with Crippen LogP contribution in [0.3, 0.4) is 0 Å². The normalized spacial score (nSPS) is 11.9. The third-order valence-corrected chi connectivity index (χ3v) is 12.6. The van der Waals surface area contributed by atoms with Crippen LogP contribution in [0.5, 0.6) is 0 Å². The lowest BCUT2D eigenvalue weighted by Crippen LogP contribution is -2.27. The minimum Gasteiger partial charge on any atom is -0.328 e. The molecule has 0 radical (unpaired) electrons. The molecule has 0 aliphatic carbocycles. The highest BCUT2D eigenvalue weighted by Crippen LogP contribution is 2.24. The molecule has 0 aliphatic heterocycles. The molecule has 0 spiro atoms. The SMILES string of the molecule is CCCCCCCCCCCCCCCCN(CCCCCCCCCCCCCCCC)CCCCCCCCCCCCCCCCCCOP(O)O. The Morgan fingerprint density at radius 2 is 0.455 bits per heavy atom. The topological polar surface area (TPSA) is 52.9 Å². The first-order chi connectivity index (χ1) is 27.2. The average molecular weight is 798 g/mol. The summed E-state index contributed by atoms with van der Waals surface area (Å²) < 4.78 is 4.83. The summed E-state index contributed by atoms with van der Waals surface area (Å²) in [5.41, 5.74) is 0. The molecule has 0 atom stereocenters. The van der Waals surface area contributed by atoms with Crippen LogP contribution in [0.4, 0.5) is 0 Å². The van der Waals surface area contributed by atoms with E-state index in [9.17, 15) is 0 Å². The molecule has 0 amide bonds. The Kier molecular flexibility index (Phi) is 50.7. The van der Waals surface area contributed by atoms with Gasteiger partial charge in [-0.05, 0) is 45.3 Å². The standard InChI is InChI=1S/C50H104NO3P/c1-3-5-7-9-11-13-15-17-23-27-31-35-39-43-47-51(48-44-40-36-32-28-24-18-16-14-12-10-8-6-4-2)49-45-41-37-33-29-25-21-19-20-22-26-30-34-38-42-46-50-54-55(52)53/h52-53H,3-50H2,1-2H3. The molecule has 0 heterocycles. The number of unbranched alkanes of at least 4 members (excludes halogenated alkanes) is 41. The lowest BCUT2D eigenvalue weighted by atomic mass is 10.0. The minimum atomic E-state index is -2.16. The third-order valence-electron chi connectivity index (χ3n) is 12.2. The maximum Gasteiger partial charge on any atom is 0.327 e. The zero-order valence-electron chi connectivity index (χ0n) is 38.1. The minimum absolute atomic E-state index is 0.483. The third kappa shape index (κ3) is 50.3. The van der Waals surface area contributed by atoms with Crippen molar-refractivity contribution in [1.29, 1.82) is 0 Å². The van der Waals surface area contributed by atoms with E-state index in [-0.39, 0.29) is 0 Å². The van der Waals surface area contributed by atoms with Crippen molar-refractivity contribution in [3.8, 4) is 0 Å². The molecule has 0 bridgehead atoms. The lowest BCUT2D eigenvalue weighted by Gasteiger charge is -2.22. The van der Waals surface area contributed by atoms with Crippen LogP contribution in [0.15, 0.2) is 0 Å². The van der Waals surface area contributed by atoms with Crippen LogP contribution >= 0.6 is 8.60 Å². The highest BCUT2D eigenvalue weighted by Gasteiger charge is 2.06. The van der Waals surface area contributed by atoms with Crippen molar-refractivity contribution in [2.24, 2.45) is 0 Å². The summed E-state index contributed by atoms with van der Waals surface area (Å²) in [4.78, 5) is 20.4. The fraction of sp³-hybridized carbons (Fsp3) is 1.00. The number of hydrogen-bond acceptors (Lipinski definition) is 4. The average Bonchev–Trinajstić information content (AvgIpc) is 3.18. The van der Waals surface area contributed by atoms with Crippen LogP contribution in [-0.4, -0.2) is 40.9 Å². The van der Waals surface area contributed by atoms with Gasteiger partial charge in [-0.3, -0.25) is 0 Å². The van der Waals surface area contributed by atoms with Gasteiger partial charge in [0.15, 0.2) is 0 Å². The first kappa shape index (κ1) is 55.3. The van der Waals surface area contributed by atoms with Crippen molar-refractivity contribution in [3.63, 3.8) is 0 Å². The molecule has 332 valence electrons. The lowest BCUT2D eigenvalue weighted by molar-refractivity contribution is 0.248. The van der Waals surface area contributed by atoms with Crippen molar-refractivity contribution >= 4 is 8.60 Å². The maximum absolute atomic E-state index is 8.75. The van der Waals surface area contributed by atoms with E-state index in [0.717, 1.165) is 12.8 Å². The summed E-state index contributed by atoms with van der Waals surface area (Å²) in [5.74, 6) is 0. The zero-order chi connectivity index (χ0) is 39.8. The monoisotopic (exact) mass is 798 g/mol. The van der Waals surface area contributed by atoms with Crippen molar-refractivity contribution in [1.82, 2.24) is 4.90 Å². The second-order valence-electron chi connectivity index (χ2n) is 17.8. The molecular formula is C50H104NO3P. The Hall–Kier alpha value is 0.270. The number of hydrogen-bond donors (Lipinski definition) is 2. The van der Waals surface area contributed by atoms with E-state index in [2.05, 4.69) is 18.7 Å². The van der Waals surface area contributed by atoms with E-state index in [4.69, 9.17) is 14.3 Å². The Labute approximate surface area is 349 Å². The molecule has 0 aromatic heterocycles. The van der Waals surface area contributed by atoms with E-state index in [0.29, 0.717) is 6.61 Å². The molecule has 0 rings (SSSR count). The summed E-state index contributed by atoms with van der Waals surface area (Å²) in [5, 5.41) is 0. The van der Waals surface area contributed by atoms with Crippen molar-refractivity contribution in [3.05, 3.63) is 0 Å². The number of nitrogens with zero attached hydrogens (tertiary/aromatic N) is 1. The molecule has 5 heteroatoms. The Morgan fingerprint density at radius 1 is 0.273 bits per heavy atom. The van der Waals surface area contributed by atoms with Gasteiger partial charge in [-0.25, -0.2) is 0 Å². The highest BCUT2D eigenvalue weighted by atomic mass is 31.2. The molecule has 0 saturated heterocycles. The van der Waals surface area contributed by atoms with Crippen molar-refractivity contribution in [2.45, 2.75) is 296 Å². The van der Waals surface area contributed by atoms with Crippen LogP contribution in [0.1, 0.15) is 296 Å². The summed E-state index contributed by atoms with van der Waals surface area (Å²) in [7, 11) is -2.16. The van der Waals surface area contributed by atoms with Crippen LogP contribution in [0, 0.1) is 0 Å². The Balaban J connectivity index is 3.91. The predicted molar refractivity (Wildman–Crippen MR) is 248 cm³/mol. The van der Waals surface area contributed by atoms with E-state index in [1.165, 1.54) is 289 Å². The zero-order valence-corrected chi connectivity index (χ0v) is 39.0. The molecule has 55 heavy (non-hydrogen) atoms. The van der Waals surface area contributed by atoms with Crippen LogP contribution < -0.4 is 0 Å². The second kappa shape index (κ2) is 50.4. The Morgan fingerprint density at radius 3 is 0.655 bits per heavy atom. The molecule has 0 unspecified atom stereocenters. The summed E-state index contributed by atoms with van der Waals surface area (Å²) in [6.45, 7) is 9.16. The van der Waals surface area contributed by atoms with E-state index in [1.807, 2.05) is 0 Å². The Bertz CT molecular complexity index is 633. The summed E-state index contributed by atoms with van der Waals surface area (Å²) in [6, 6.07) is 0. The smallest absolute Gasteiger partial charge is 0.327 e. The van der Waals surface area contributed by atoms with Gasteiger partial charge in [0.2, 0.25) is 0 Å². The fourth-order valence-corrected chi connectivity index (χ4v) is 8.75. The molecule has 0 fully saturated rings. The largest absolute Gasteiger partial charge is 0.328 e. The summed E-state index contributed by atoms with van der Waals surface area (Å²) >= 11 is 0. The molecule has 0 aromatic carbocycles. The van der Waals surface area contributed by atoms with Crippen LogP contribution in [0.2, 0.25) is 0 Å². The molecular weight excluding hydrogens is 694 g/mol. The molecule has 4 nitrogen and oxygen atoms in total. The van der Waals surface area contributed by atoms with E-state index >= 15 is 0 Å². The molecule has 2 N–H and O–H groups in total. The van der Waals surface area contributed by atoms with Crippen molar-refractivity contribution in [2.75, 3.05) is 26.2 Å². The van der Waals surface area contributed by atoms with Gasteiger partial charge in [-0.15, -0.1) is 0 Å². The fourth-order valence-electron chi connectivity index (χ4n) is 8.45. The second-order valence-corrected chi connectivity index (χ2v) is 18.5. The molecule has 0 aliphatic rings. The van der Waals surface area contributed by atoms with Gasteiger partial charge in [-0.1, -0.05) is 271 Å².